The summed E-state index contributed by atoms with van der Waals surface area (Å²) in [5, 5.41) is 3.00. The molecule has 0 unspecified atom stereocenters. The van der Waals surface area contributed by atoms with Crippen molar-refractivity contribution in [1.29, 1.82) is 0 Å². The average Bonchev–Trinajstić information content (AvgIpc) is 2.28. The normalized spacial score (nSPS) is 17.5. The summed E-state index contributed by atoms with van der Waals surface area (Å²) < 4.78 is 6.68. The number of ether oxygens (including phenoxy) is 1. The van der Waals surface area contributed by atoms with E-state index in [1.165, 1.54) is 30.1 Å². The predicted octanol–water partition coefficient (Wildman–Crippen LogP) is 3.06. The van der Waals surface area contributed by atoms with Crippen molar-refractivity contribution in [3.8, 4) is 0 Å². The number of carbonyl (C=O) groups excluding carboxylic acids is 1. The molecule has 0 aromatic carbocycles. The number of carbonyl (C=O) groups is 1. The first-order valence-electron chi connectivity index (χ1n) is 6.60. The maximum atomic E-state index is 11.7. The summed E-state index contributed by atoms with van der Waals surface area (Å²) in [5.41, 5.74) is -0.134. The van der Waals surface area contributed by atoms with Crippen LogP contribution in [0.1, 0.15) is 51.4 Å². The quantitative estimate of drug-likeness (QED) is 0.393. The Morgan fingerprint density at radius 1 is 1.29 bits per heavy atom. The van der Waals surface area contributed by atoms with Crippen LogP contribution in [-0.4, -0.2) is 29.6 Å². The van der Waals surface area contributed by atoms with Gasteiger partial charge in [0.2, 0.25) is 5.91 Å². The van der Waals surface area contributed by atoms with Gasteiger partial charge < -0.3 is 10.1 Å². The monoisotopic (exact) mass is 353 g/mol. The summed E-state index contributed by atoms with van der Waals surface area (Å²) in [5.74, 6) is 0.153. The van der Waals surface area contributed by atoms with Crippen LogP contribution in [0.4, 0.5) is 0 Å². The van der Waals surface area contributed by atoms with Gasteiger partial charge >= 0.3 is 0 Å². The summed E-state index contributed by atoms with van der Waals surface area (Å²) in [6.07, 6.45) is 8.69. The van der Waals surface area contributed by atoms with Crippen LogP contribution in [0.25, 0.3) is 0 Å². The lowest BCUT2D eigenvalue weighted by molar-refractivity contribution is -0.134. The molecule has 0 atom stereocenters. The fourth-order valence-electron chi connectivity index (χ4n) is 2.18. The average molecular weight is 353 g/mol. The number of halogens is 1. The Morgan fingerprint density at radius 3 is 2.53 bits per heavy atom. The van der Waals surface area contributed by atoms with Crippen LogP contribution in [0.3, 0.4) is 0 Å². The van der Waals surface area contributed by atoms with Gasteiger partial charge in [0.1, 0.15) is 0 Å². The third kappa shape index (κ3) is 5.55. The van der Waals surface area contributed by atoms with Gasteiger partial charge in [0.15, 0.2) is 0 Å². The van der Waals surface area contributed by atoms with E-state index in [9.17, 15) is 4.79 Å². The number of unbranched alkanes of at least 4 members (excludes halogenated alkanes) is 3. The molecule has 0 radical (unpaired) electrons. The van der Waals surface area contributed by atoms with Crippen molar-refractivity contribution in [2.24, 2.45) is 0 Å². The fourth-order valence-corrected chi connectivity index (χ4v) is 2.72. The molecule has 1 saturated carbocycles. The number of amides is 1. The largest absolute Gasteiger partial charge is 0.378 e. The van der Waals surface area contributed by atoms with Crippen molar-refractivity contribution in [2.75, 3.05) is 18.1 Å². The Bertz CT molecular complexity index is 224. The van der Waals surface area contributed by atoms with E-state index < -0.39 is 0 Å². The minimum absolute atomic E-state index is 0.134. The molecule has 1 rings (SSSR count). The van der Waals surface area contributed by atoms with E-state index >= 15 is 0 Å². The van der Waals surface area contributed by atoms with Crippen molar-refractivity contribution in [2.45, 2.75) is 57.0 Å². The highest BCUT2D eigenvalue weighted by atomic mass is 127. The van der Waals surface area contributed by atoms with Crippen molar-refractivity contribution >= 4 is 28.5 Å². The van der Waals surface area contributed by atoms with Crippen LogP contribution in [-0.2, 0) is 9.53 Å². The van der Waals surface area contributed by atoms with E-state index in [0.29, 0.717) is 6.42 Å². The van der Waals surface area contributed by atoms with Crippen molar-refractivity contribution in [3.63, 3.8) is 0 Å². The van der Waals surface area contributed by atoms with Crippen LogP contribution in [0, 0.1) is 0 Å². The highest BCUT2D eigenvalue weighted by Gasteiger charge is 2.38. The second-order valence-electron chi connectivity index (χ2n) is 4.87. The molecule has 100 valence electrons. The number of rotatable bonds is 9. The van der Waals surface area contributed by atoms with Crippen LogP contribution in [0.5, 0.6) is 0 Å². The Hall–Kier alpha value is 0.160. The van der Waals surface area contributed by atoms with Gasteiger partial charge in [-0.2, -0.15) is 0 Å². The number of nitrogens with one attached hydrogen (secondary N) is 1. The first kappa shape index (κ1) is 15.2. The molecule has 0 aromatic rings. The second kappa shape index (κ2) is 8.29. The highest BCUT2D eigenvalue weighted by Crippen LogP contribution is 2.37. The van der Waals surface area contributed by atoms with Crippen LogP contribution < -0.4 is 5.32 Å². The maximum absolute atomic E-state index is 11.7. The molecule has 0 spiro atoms. The zero-order valence-corrected chi connectivity index (χ0v) is 12.9. The molecule has 0 bridgehead atoms. The Kier molecular flexibility index (Phi) is 7.43. The van der Waals surface area contributed by atoms with E-state index in [0.717, 1.165) is 25.8 Å². The summed E-state index contributed by atoms with van der Waals surface area (Å²) in [7, 11) is 1.72. The van der Waals surface area contributed by atoms with E-state index in [1.54, 1.807) is 7.11 Å². The van der Waals surface area contributed by atoms with E-state index in [1.807, 2.05) is 0 Å². The molecule has 1 aliphatic rings. The van der Waals surface area contributed by atoms with Gasteiger partial charge in [-0.05, 0) is 36.5 Å². The summed E-state index contributed by atoms with van der Waals surface area (Å²) in [6, 6.07) is 0. The Labute approximate surface area is 118 Å². The first-order valence-corrected chi connectivity index (χ1v) is 8.13. The zero-order chi connectivity index (χ0) is 12.6. The Morgan fingerprint density at radius 2 is 2.00 bits per heavy atom. The molecular weight excluding hydrogens is 329 g/mol. The molecule has 4 heteroatoms. The minimum Gasteiger partial charge on any atom is -0.378 e. The van der Waals surface area contributed by atoms with Gasteiger partial charge in [-0.1, -0.05) is 35.4 Å². The van der Waals surface area contributed by atoms with E-state index in [4.69, 9.17) is 4.74 Å². The molecule has 0 saturated heterocycles. The minimum atomic E-state index is -0.134. The van der Waals surface area contributed by atoms with Gasteiger partial charge in [0.25, 0.3) is 0 Å². The maximum Gasteiger partial charge on any atom is 0.222 e. The van der Waals surface area contributed by atoms with E-state index in [2.05, 4.69) is 27.9 Å². The standard InChI is InChI=1S/C13H24INO2/c1-17-13(7-6-8-13)11-12(16)15-10-5-3-2-4-9-14/h2-11H2,1H3,(H,15,16). The molecule has 1 amide bonds. The lowest BCUT2D eigenvalue weighted by atomic mass is 9.77. The molecule has 1 aliphatic carbocycles. The summed E-state index contributed by atoms with van der Waals surface area (Å²) in [4.78, 5) is 11.7. The number of alkyl halides is 1. The fraction of sp³-hybridized carbons (Fsp3) is 0.923. The highest BCUT2D eigenvalue weighted by molar-refractivity contribution is 14.1. The molecule has 1 fully saturated rings. The topological polar surface area (TPSA) is 38.3 Å². The second-order valence-corrected chi connectivity index (χ2v) is 5.95. The van der Waals surface area contributed by atoms with Gasteiger partial charge in [-0.15, -0.1) is 0 Å². The van der Waals surface area contributed by atoms with E-state index in [-0.39, 0.29) is 11.5 Å². The number of hydrogen-bond donors (Lipinski definition) is 1. The predicted molar refractivity (Wildman–Crippen MR) is 78.6 cm³/mol. The smallest absolute Gasteiger partial charge is 0.222 e. The number of methoxy groups -OCH3 is 1. The lowest BCUT2D eigenvalue weighted by Crippen LogP contribution is -2.44. The molecule has 0 heterocycles. The summed E-state index contributed by atoms with van der Waals surface area (Å²) in [6.45, 7) is 0.819. The molecular formula is C13H24INO2. The molecule has 17 heavy (non-hydrogen) atoms. The molecule has 0 aromatic heterocycles. The lowest BCUT2D eigenvalue weighted by Gasteiger charge is -2.39. The Balaban J connectivity index is 2.01. The third-order valence-electron chi connectivity index (χ3n) is 3.56. The number of hydrogen-bond acceptors (Lipinski definition) is 2. The van der Waals surface area contributed by atoms with Gasteiger partial charge in [-0.3, -0.25) is 4.79 Å². The molecule has 1 N–H and O–H groups in total. The first-order chi connectivity index (χ1) is 8.22. The molecule has 3 nitrogen and oxygen atoms in total. The zero-order valence-electron chi connectivity index (χ0n) is 10.8. The molecule has 0 aliphatic heterocycles. The van der Waals surface area contributed by atoms with Gasteiger partial charge in [0, 0.05) is 13.7 Å². The van der Waals surface area contributed by atoms with Crippen LogP contribution in [0.15, 0.2) is 0 Å². The van der Waals surface area contributed by atoms with Crippen molar-refractivity contribution in [3.05, 3.63) is 0 Å². The van der Waals surface area contributed by atoms with Crippen molar-refractivity contribution < 1.29 is 9.53 Å². The third-order valence-corrected chi connectivity index (χ3v) is 4.33. The van der Waals surface area contributed by atoms with Crippen molar-refractivity contribution in [1.82, 2.24) is 5.32 Å². The SMILES string of the molecule is COC1(CC(=O)NCCCCCCI)CCC1. The van der Waals surface area contributed by atoms with Gasteiger partial charge in [0.05, 0.1) is 12.0 Å². The van der Waals surface area contributed by atoms with Gasteiger partial charge in [-0.25, -0.2) is 0 Å². The van der Waals surface area contributed by atoms with Crippen LogP contribution >= 0.6 is 22.6 Å². The summed E-state index contributed by atoms with van der Waals surface area (Å²) >= 11 is 2.40. The van der Waals surface area contributed by atoms with Crippen LogP contribution in [0.2, 0.25) is 0 Å².